The number of carboxylic acid groups (broad SMARTS) is 1. The number of esters is 1. The van der Waals surface area contributed by atoms with Crippen LogP contribution in [0, 0.1) is 11.8 Å². The van der Waals surface area contributed by atoms with E-state index in [-0.39, 0.29) is 73.5 Å². The number of methoxy groups -OCH3 is 1. The average Bonchev–Trinajstić information content (AvgIpc) is 2.82. The van der Waals surface area contributed by atoms with E-state index >= 15 is 0 Å². The first-order chi connectivity index (χ1) is 17.5. The fourth-order valence-corrected chi connectivity index (χ4v) is 3.72. The molecule has 0 amide bonds. The zero-order valence-electron chi connectivity index (χ0n) is 22.9. The Morgan fingerprint density at radius 3 is 1.62 bits per heavy atom. The van der Waals surface area contributed by atoms with Gasteiger partial charge in [-0.2, -0.15) is 0 Å². The van der Waals surface area contributed by atoms with E-state index in [4.69, 9.17) is 5.11 Å². The van der Waals surface area contributed by atoms with Gasteiger partial charge in [0.25, 0.3) is 11.1 Å². The van der Waals surface area contributed by atoms with Crippen molar-refractivity contribution in [3.63, 3.8) is 0 Å². The number of benzene rings is 2. The van der Waals surface area contributed by atoms with Gasteiger partial charge in [-0.1, -0.05) is 27.7 Å². The van der Waals surface area contributed by atoms with Crippen molar-refractivity contribution in [3.8, 4) is 0 Å². The Hall–Kier alpha value is -2.74. The predicted molar refractivity (Wildman–Crippen MR) is 142 cm³/mol. The van der Waals surface area contributed by atoms with E-state index in [9.17, 15) is 19.2 Å². The molecule has 202 valence electrons. The third-order valence-electron chi connectivity index (χ3n) is 5.38. The Morgan fingerprint density at radius 1 is 0.821 bits per heavy atom. The number of carboxylic acids is 1. The number of aromatic nitrogens is 4. The number of fused-ring (bicyclic) bond motifs is 2. The molecule has 0 saturated heterocycles. The van der Waals surface area contributed by atoms with Crippen molar-refractivity contribution < 1.29 is 76.3 Å². The molecule has 0 aliphatic carbocycles. The summed E-state index contributed by atoms with van der Waals surface area (Å²) in [5, 5.41) is 9.80. The number of nitrogens with zero attached hydrogens (tertiary/aromatic N) is 2. The van der Waals surface area contributed by atoms with E-state index in [1.807, 2.05) is 13.8 Å². The molecule has 2 heterocycles. The van der Waals surface area contributed by atoms with Gasteiger partial charge in [0, 0.05) is 12.8 Å². The van der Waals surface area contributed by atoms with Crippen LogP contribution in [0.2, 0.25) is 0 Å². The van der Waals surface area contributed by atoms with Crippen LogP contribution in [0.3, 0.4) is 0 Å². The zero-order valence-corrected chi connectivity index (χ0v) is 26.0. The summed E-state index contributed by atoms with van der Waals surface area (Å²) in [5.41, 5.74) is 1.06. The van der Waals surface area contributed by atoms with Crippen LogP contribution >= 0.6 is 0 Å². The van der Waals surface area contributed by atoms with Crippen molar-refractivity contribution in [2.75, 3.05) is 7.11 Å². The molecule has 0 saturated carbocycles. The van der Waals surface area contributed by atoms with Crippen molar-refractivity contribution in [2.45, 2.75) is 40.5 Å². The third-order valence-corrected chi connectivity index (χ3v) is 5.38. The number of aromatic amines is 2. The third kappa shape index (κ3) is 9.16. The van der Waals surface area contributed by atoms with Crippen LogP contribution in [-0.2, 0) is 17.6 Å². The first kappa shape index (κ1) is 34.3. The van der Waals surface area contributed by atoms with Crippen LogP contribution in [-0.4, -0.2) is 49.6 Å². The van der Waals surface area contributed by atoms with E-state index in [1.54, 1.807) is 18.2 Å². The minimum Gasteiger partial charge on any atom is -0.870 e. The monoisotopic (exact) mass is 562 g/mol. The van der Waals surface area contributed by atoms with Crippen LogP contribution in [0.15, 0.2) is 46.0 Å². The molecule has 0 spiro atoms. The smallest absolute Gasteiger partial charge is 0.870 e. The molecule has 0 aliphatic heterocycles. The molecule has 0 bridgehead atoms. The fourth-order valence-electron chi connectivity index (χ4n) is 3.72. The van der Waals surface area contributed by atoms with Gasteiger partial charge in [-0.15, -0.1) is 0 Å². The topological polar surface area (TPSA) is 185 Å². The van der Waals surface area contributed by atoms with Gasteiger partial charge in [-0.25, -0.2) is 19.6 Å². The van der Waals surface area contributed by atoms with Crippen molar-refractivity contribution >= 4 is 33.7 Å². The molecule has 39 heavy (non-hydrogen) atoms. The van der Waals surface area contributed by atoms with Gasteiger partial charge in [0.2, 0.25) is 0 Å². The van der Waals surface area contributed by atoms with Crippen LogP contribution in [0.4, 0.5) is 0 Å². The predicted octanol–water partition coefficient (Wildman–Crippen LogP) is 0.555. The van der Waals surface area contributed by atoms with Crippen molar-refractivity contribution in [1.82, 2.24) is 19.9 Å². The van der Waals surface area contributed by atoms with Crippen molar-refractivity contribution in [1.29, 1.82) is 0 Å². The van der Waals surface area contributed by atoms with E-state index in [0.29, 0.717) is 63.7 Å². The molecular weight excluding hydrogens is 531 g/mol. The number of rotatable bonds is 6. The first-order valence-electron chi connectivity index (χ1n) is 11.9. The number of aromatic carboxylic acids is 1. The van der Waals surface area contributed by atoms with E-state index in [1.165, 1.54) is 25.3 Å². The SMILES string of the molecule is CC(C)Cc1nc2cc(C(=O)O)ccc2c(=O)[nH]1.COC(=O)c1ccc2c(=O)[nH]c(CC(C)C)nc2c1.[K+].[OH-]. The summed E-state index contributed by atoms with van der Waals surface area (Å²) >= 11 is 0. The Balaban J connectivity index is 0.000000371. The van der Waals surface area contributed by atoms with Crippen LogP contribution in [0.5, 0.6) is 0 Å². The molecule has 4 rings (SSSR count). The Kier molecular flexibility index (Phi) is 13.3. The summed E-state index contributed by atoms with van der Waals surface area (Å²) in [5.74, 6) is 0.524. The van der Waals surface area contributed by atoms with Crippen LogP contribution in [0.1, 0.15) is 60.1 Å². The number of H-pyrrole nitrogens is 2. The number of hydrogen-bond acceptors (Lipinski definition) is 8. The fraction of sp³-hybridized carbons (Fsp3) is 0.333. The summed E-state index contributed by atoms with van der Waals surface area (Å²) in [6.45, 7) is 8.15. The summed E-state index contributed by atoms with van der Waals surface area (Å²) in [6, 6.07) is 9.06. The molecule has 11 nitrogen and oxygen atoms in total. The first-order valence-corrected chi connectivity index (χ1v) is 11.9. The molecule has 0 unspecified atom stereocenters. The number of nitrogens with one attached hydrogen (secondary N) is 2. The zero-order chi connectivity index (χ0) is 27.3. The van der Waals surface area contributed by atoms with E-state index in [2.05, 4.69) is 38.5 Å². The summed E-state index contributed by atoms with van der Waals surface area (Å²) in [6.07, 6.45) is 1.34. The molecule has 4 aromatic rings. The molecule has 0 aliphatic rings. The van der Waals surface area contributed by atoms with Gasteiger partial charge < -0.3 is 25.3 Å². The number of carbonyl (C=O) groups excluding carboxylic acids is 1. The average molecular weight is 563 g/mol. The minimum atomic E-state index is -1.02. The number of hydrogen-bond donors (Lipinski definition) is 3. The normalized spacial score (nSPS) is 10.4. The Morgan fingerprint density at radius 2 is 1.23 bits per heavy atom. The number of ether oxygens (including phenoxy) is 1. The second kappa shape index (κ2) is 15.2. The van der Waals surface area contributed by atoms with Gasteiger partial charge >= 0.3 is 63.3 Å². The molecule has 2 aromatic carbocycles. The van der Waals surface area contributed by atoms with Crippen LogP contribution < -0.4 is 62.5 Å². The van der Waals surface area contributed by atoms with Gasteiger partial charge in [0.15, 0.2) is 0 Å². The maximum absolute atomic E-state index is 11.9. The molecule has 0 atom stereocenters. The largest absolute Gasteiger partial charge is 1.00 e. The van der Waals surface area contributed by atoms with Gasteiger partial charge in [0.1, 0.15) is 11.6 Å². The quantitative estimate of drug-likeness (QED) is 0.223. The van der Waals surface area contributed by atoms with E-state index in [0.717, 1.165) is 0 Å². The van der Waals surface area contributed by atoms with E-state index < -0.39 is 11.9 Å². The van der Waals surface area contributed by atoms with Gasteiger partial charge in [0.05, 0.1) is 40.0 Å². The molecule has 0 radical (unpaired) electrons. The maximum atomic E-state index is 11.9. The molecule has 0 fully saturated rings. The summed E-state index contributed by atoms with van der Waals surface area (Å²) in [7, 11) is 1.32. The Labute approximate surface area is 267 Å². The number of carbonyl (C=O) groups is 2. The van der Waals surface area contributed by atoms with Gasteiger partial charge in [-0.05, 0) is 48.2 Å². The standard InChI is InChI=1S/C14H16N2O3.C13H14N2O3.K.H2O/c1-8(2)6-12-15-11-7-9(14(18)19-3)4-5-10(11)13(17)16-12;1-7(2)5-11-14-10-6-8(13(17)18)3-4-9(10)12(16)15-11;;/h4-5,7-8H,6H2,1-3H3,(H,15,16,17);3-4,6-7H,5H2,1-2H3,(H,17,18)(H,14,15,16);;1H2/q;;+1;/p-1. The molecule has 2 aromatic heterocycles. The second-order valence-electron chi connectivity index (χ2n) is 9.48. The van der Waals surface area contributed by atoms with Crippen molar-refractivity contribution in [2.24, 2.45) is 11.8 Å². The van der Waals surface area contributed by atoms with Gasteiger partial charge in [-0.3, -0.25) is 9.59 Å². The Bertz CT molecular complexity index is 1580. The maximum Gasteiger partial charge on any atom is 1.00 e. The second-order valence-corrected chi connectivity index (χ2v) is 9.48. The molecular formula is C27H31KN4O7. The summed E-state index contributed by atoms with van der Waals surface area (Å²) < 4.78 is 4.66. The van der Waals surface area contributed by atoms with Crippen molar-refractivity contribution in [3.05, 3.63) is 79.9 Å². The summed E-state index contributed by atoms with van der Waals surface area (Å²) in [4.78, 5) is 60.3. The molecule has 12 heteroatoms. The van der Waals surface area contributed by atoms with Crippen LogP contribution in [0.25, 0.3) is 21.8 Å². The molecule has 4 N–H and O–H groups in total. The minimum absolute atomic E-state index is 0.